The van der Waals surface area contributed by atoms with Crippen LogP contribution in [0, 0.1) is 0 Å². The number of benzene rings is 1. The number of methoxy groups -OCH3 is 1. The van der Waals surface area contributed by atoms with Crippen LogP contribution in [0.3, 0.4) is 0 Å². The van der Waals surface area contributed by atoms with Gasteiger partial charge in [0.25, 0.3) is 5.24 Å². The van der Waals surface area contributed by atoms with Crippen molar-refractivity contribution in [1.82, 2.24) is 5.32 Å². The molecule has 1 saturated heterocycles. The lowest BCUT2D eigenvalue weighted by molar-refractivity contribution is -0.121. The number of imide groups is 1. The zero-order valence-electron chi connectivity index (χ0n) is 9.65. The van der Waals surface area contributed by atoms with Crippen LogP contribution in [0.15, 0.2) is 24.3 Å². The summed E-state index contributed by atoms with van der Waals surface area (Å²) in [6.07, 6.45) is 0.527. The molecule has 0 spiro atoms. The molecule has 1 unspecified atom stereocenters. The van der Waals surface area contributed by atoms with Crippen LogP contribution < -0.4 is 10.1 Å². The summed E-state index contributed by atoms with van der Waals surface area (Å²) in [5, 5.41) is 2.04. The molecule has 17 heavy (non-hydrogen) atoms. The van der Waals surface area contributed by atoms with Gasteiger partial charge in [0.15, 0.2) is 0 Å². The van der Waals surface area contributed by atoms with E-state index in [2.05, 4.69) is 5.32 Å². The fourth-order valence-electron chi connectivity index (χ4n) is 1.75. The van der Waals surface area contributed by atoms with Crippen molar-refractivity contribution >= 4 is 22.9 Å². The first-order valence-corrected chi connectivity index (χ1v) is 6.02. The van der Waals surface area contributed by atoms with E-state index in [4.69, 9.17) is 4.74 Å². The summed E-state index contributed by atoms with van der Waals surface area (Å²) in [7, 11) is 1.61. The Balaban J connectivity index is 2.14. The number of carbonyl (C=O) groups excluding carboxylic acids is 2. The minimum absolute atomic E-state index is 0.219. The predicted octanol–water partition coefficient (Wildman–Crippen LogP) is 1.98. The maximum atomic E-state index is 11.7. The van der Waals surface area contributed by atoms with E-state index in [0.29, 0.717) is 6.42 Å². The van der Waals surface area contributed by atoms with Gasteiger partial charge in [0.05, 0.1) is 7.11 Å². The average Bonchev–Trinajstić information content (AvgIpc) is 2.53. The molecule has 1 aliphatic heterocycles. The normalized spacial score (nSPS) is 23.6. The largest absolute Gasteiger partial charge is 0.497 e. The minimum Gasteiger partial charge on any atom is -0.497 e. The van der Waals surface area contributed by atoms with Gasteiger partial charge in [0, 0.05) is 0 Å². The second-order valence-corrected chi connectivity index (χ2v) is 5.58. The molecule has 1 aromatic rings. The van der Waals surface area contributed by atoms with E-state index in [0.717, 1.165) is 23.1 Å². The van der Waals surface area contributed by atoms with E-state index in [1.807, 2.05) is 24.3 Å². The maximum absolute atomic E-state index is 11.7. The van der Waals surface area contributed by atoms with Crippen LogP contribution in [0.1, 0.15) is 12.5 Å². The molecule has 1 atom stereocenters. The lowest BCUT2D eigenvalue weighted by Gasteiger charge is -2.18. The zero-order chi connectivity index (χ0) is 12.5. The number of amides is 2. The molecular weight excluding hydrogens is 238 g/mol. The first-order chi connectivity index (χ1) is 8.03. The Morgan fingerprint density at radius 3 is 2.41 bits per heavy atom. The topological polar surface area (TPSA) is 55.4 Å². The van der Waals surface area contributed by atoms with E-state index >= 15 is 0 Å². The summed E-state index contributed by atoms with van der Waals surface area (Å²) in [4.78, 5) is 22.8. The van der Waals surface area contributed by atoms with Crippen LogP contribution in [-0.2, 0) is 11.2 Å². The van der Waals surface area contributed by atoms with Gasteiger partial charge in [-0.25, -0.2) is 0 Å². The van der Waals surface area contributed by atoms with Gasteiger partial charge in [-0.05, 0) is 42.8 Å². The van der Waals surface area contributed by atoms with E-state index in [1.54, 1.807) is 14.0 Å². The lowest BCUT2D eigenvalue weighted by Crippen LogP contribution is -2.35. The molecule has 0 aromatic heterocycles. The highest BCUT2D eigenvalue weighted by Crippen LogP contribution is 2.34. The Bertz CT molecular complexity index is 457. The van der Waals surface area contributed by atoms with Crippen molar-refractivity contribution in [2.45, 2.75) is 18.1 Å². The Hall–Kier alpha value is -1.49. The van der Waals surface area contributed by atoms with E-state index in [1.165, 1.54) is 0 Å². The van der Waals surface area contributed by atoms with E-state index in [9.17, 15) is 9.59 Å². The second-order valence-electron chi connectivity index (χ2n) is 4.10. The molecule has 4 nitrogen and oxygen atoms in total. The van der Waals surface area contributed by atoms with Crippen molar-refractivity contribution in [2.24, 2.45) is 0 Å². The molecule has 2 rings (SSSR count). The smallest absolute Gasteiger partial charge is 0.286 e. The van der Waals surface area contributed by atoms with Gasteiger partial charge < -0.3 is 4.74 Å². The molecule has 0 bridgehead atoms. The van der Waals surface area contributed by atoms with Gasteiger partial charge in [0.1, 0.15) is 10.5 Å². The van der Waals surface area contributed by atoms with Gasteiger partial charge in [-0.1, -0.05) is 12.1 Å². The van der Waals surface area contributed by atoms with Crippen molar-refractivity contribution in [2.75, 3.05) is 7.11 Å². The van der Waals surface area contributed by atoms with Crippen molar-refractivity contribution < 1.29 is 14.3 Å². The number of hydrogen-bond acceptors (Lipinski definition) is 4. The van der Waals surface area contributed by atoms with Crippen molar-refractivity contribution in [3.63, 3.8) is 0 Å². The molecule has 2 amide bonds. The van der Waals surface area contributed by atoms with Gasteiger partial charge in [0.2, 0.25) is 5.91 Å². The van der Waals surface area contributed by atoms with Crippen molar-refractivity contribution in [1.29, 1.82) is 0 Å². The van der Waals surface area contributed by atoms with Crippen LogP contribution in [0.25, 0.3) is 0 Å². The number of carbonyl (C=O) groups is 2. The Kier molecular flexibility index (Phi) is 3.11. The molecule has 1 aliphatic rings. The summed E-state index contributed by atoms with van der Waals surface area (Å²) in [6, 6.07) is 7.50. The number of thioether (sulfide) groups is 1. The fourth-order valence-corrected chi connectivity index (χ4v) is 2.69. The minimum atomic E-state index is -0.703. The first kappa shape index (κ1) is 12.0. The Morgan fingerprint density at radius 2 is 1.94 bits per heavy atom. The van der Waals surface area contributed by atoms with Gasteiger partial charge in [-0.2, -0.15) is 0 Å². The van der Waals surface area contributed by atoms with Crippen LogP contribution in [0.4, 0.5) is 4.79 Å². The van der Waals surface area contributed by atoms with Crippen LogP contribution in [-0.4, -0.2) is 23.0 Å². The summed E-state index contributed by atoms with van der Waals surface area (Å²) < 4.78 is 4.36. The Morgan fingerprint density at radius 1 is 1.29 bits per heavy atom. The highest BCUT2D eigenvalue weighted by atomic mass is 32.2. The number of nitrogens with one attached hydrogen (secondary N) is 1. The molecule has 1 heterocycles. The third kappa shape index (κ3) is 2.44. The number of hydrogen-bond donors (Lipinski definition) is 1. The standard InChI is InChI=1S/C12H13NO3S/c1-12(10(14)13-11(15)17-12)7-8-3-5-9(16-2)6-4-8/h3-6H,7H2,1-2H3,(H,13,14,15). The Labute approximate surface area is 104 Å². The third-order valence-electron chi connectivity index (χ3n) is 2.71. The van der Waals surface area contributed by atoms with Gasteiger partial charge in [-0.15, -0.1) is 0 Å². The maximum Gasteiger partial charge on any atom is 0.286 e. The SMILES string of the molecule is COc1ccc(CC2(C)SC(=O)NC2=O)cc1. The van der Waals surface area contributed by atoms with Gasteiger partial charge >= 0.3 is 0 Å². The average molecular weight is 251 g/mol. The molecule has 1 N–H and O–H groups in total. The van der Waals surface area contributed by atoms with Crippen LogP contribution in [0.2, 0.25) is 0 Å². The molecule has 90 valence electrons. The number of rotatable bonds is 3. The lowest BCUT2D eigenvalue weighted by atomic mass is 9.99. The van der Waals surface area contributed by atoms with E-state index in [-0.39, 0.29) is 11.1 Å². The molecule has 5 heteroatoms. The zero-order valence-corrected chi connectivity index (χ0v) is 10.5. The highest BCUT2D eigenvalue weighted by Gasteiger charge is 2.43. The molecular formula is C12H13NO3S. The molecule has 0 aliphatic carbocycles. The summed E-state index contributed by atoms with van der Waals surface area (Å²) in [5.74, 6) is 0.557. The summed E-state index contributed by atoms with van der Waals surface area (Å²) in [6.45, 7) is 1.78. The highest BCUT2D eigenvalue weighted by molar-refractivity contribution is 8.16. The summed E-state index contributed by atoms with van der Waals surface area (Å²) >= 11 is 1.05. The monoisotopic (exact) mass is 251 g/mol. The van der Waals surface area contributed by atoms with Crippen molar-refractivity contribution in [3.8, 4) is 5.75 Å². The third-order valence-corrected chi connectivity index (χ3v) is 3.78. The van der Waals surface area contributed by atoms with E-state index < -0.39 is 4.75 Å². The van der Waals surface area contributed by atoms with Gasteiger partial charge in [-0.3, -0.25) is 14.9 Å². The number of ether oxygens (including phenoxy) is 1. The first-order valence-electron chi connectivity index (χ1n) is 5.21. The quantitative estimate of drug-likeness (QED) is 0.892. The van der Waals surface area contributed by atoms with Crippen molar-refractivity contribution in [3.05, 3.63) is 29.8 Å². The fraction of sp³-hybridized carbons (Fsp3) is 0.333. The molecule has 0 radical (unpaired) electrons. The van der Waals surface area contributed by atoms with Crippen LogP contribution >= 0.6 is 11.8 Å². The molecule has 1 aromatic carbocycles. The predicted molar refractivity (Wildman–Crippen MR) is 66.2 cm³/mol. The molecule has 0 saturated carbocycles. The second kappa shape index (κ2) is 4.41. The summed E-state index contributed by atoms with van der Waals surface area (Å²) in [5.41, 5.74) is 1.01. The van der Waals surface area contributed by atoms with Crippen LogP contribution in [0.5, 0.6) is 5.75 Å². The molecule has 1 fully saturated rings.